The molecule has 16 heteroatoms. The number of hydrogen-bond acceptors (Lipinski definition) is 9. The fourth-order valence-electron chi connectivity index (χ4n) is 8.04. The summed E-state index contributed by atoms with van der Waals surface area (Å²) in [7, 11) is 0. The molecule has 7 rings (SSSR count). The zero-order chi connectivity index (χ0) is 46.5. The lowest BCUT2D eigenvalue weighted by atomic mass is 10.0. The number of benzene rings is 4. The molecule has 0 aliphatic carbocycles. The van der Waals surface area contributed by atoms with Gasteiger partial charge in [0.15, 0.2) is 0 Å². The second-order valence-corrected chi connectivity index (χ2v) is 18.2. The van der Waals surface area contributed by atoms with Crippen molar-refractivity contribution in [3.8, 4) is 11.4 Å². The lowest BCUT2D eigenvalue weighted by Gasteiger charge is -2.29. The number of likely N-dealkylation sites (tertiary alicyclic amines) is 2. The molecular formula is C49H56N8O8. The first-order valence-corrected chi connectivity index (χ1v) is 21.8. The summed E-state index contributed by atoms with van der Waals surface area (Å²) in [4.78, 5) is 92.2. The predicted molar refractivity (Wildman–Crippen MR) is 245 cm³/mol. The van der Waals surface area contributed by atoms with Crippen LogP contribution in [0.25, 0.3) is 22.4 Å². The molecule has 2 fully saturated rings. The van der Waals surface area contributed by atoms with Gasteiger partial charge in [0.25, 0.3) is 11.8 Å². The summed E-state index contributed by atoms with van der Waals surface area (Å²) in [6.45, 7) is 11.2. The van der Waals surface area contributed by atoms with Crippen LogP contribution in [0.5, 0.6) is 0 Å². The molecule has 0 saturated carbocycles. The number of imidazole rings is 1. The molecule has 65 heavy (non-hydrogen) atoms. The highest BCUT2D eigenvalue weighted by Gasteiger charge is 2.40. The minimum atomic E-state index is -1.05. The molecule has 5 aromatic rings. The number of amides is 6. The lowest BCUT2D eigenvalue weighted by molar-refractivity contribution is -0.138. The number of rotatable bonds is 11. The number of alkyl carbamates (subject to hydrolysis) is 2. The highest BCUT2D eigenvalue weighted by Crippen LogP contribution is 2.29. The Balaban J connectivity index is 0.988. The second kappa shape index (κ2) is 19.3. The van der Waals surface area contributed by atoms with Gasteiger partial charge < -0.3 is 45.5 Å². The van der Waals surface area contributed by atoms with Crippen LogP contribution < -0.4 is 21.3 Å². The molecular weight excluding hydrogens is 829 g/mol. The first-order chi connectivity index (χ1) is 30.9. The third kappa shape index (κ3) is 11.5. The van der Waals surface area contributed by atoms with Crippen LogP contribution in [-0.2, 0) is 28.7 Å². The number of H-pyrrole nitrogens is 1. The minimum absolute atomic E-state index is 0.343. The maximum atomic E-state index is 14.0. The Morgan fingerprint density at radius 2 is 1.06 bits per heavy atom. The number of carbonyl (C=O) groups is 6. The predicted octanol–water partition coefficient (Wildman–Crippen LogP) is 7.62. The monoisotopic (exact) mass is 884 g/mol. The lowest BCUT2D eigenvalue weighted by Crippen LogP contribution is -2.49. The summed E-state index contributed by atoms with van der Waals surface area (Å²) < 4.78 is 10.9. The number of ether oxygens (including phenoxy) is 2. The van der Waals surface area contributed by atoms with E-state index in [1.54, 1.807) is 120 Å². The van der Waals surface area contributed by atoms with Crippen molar-refractivity contribution in [3.63, 3.8) is 0 Å². The van der Waals surface area contributed by atoms with Gasteiger partial charge in [0.05, 0.1) is 11.0 Å². The van der Waals surface area contributed by atoms with E-state index in [9.17, 15) is 28.8 Å². The first kappa shape index (κ1) is 45.8. The van der Waals surface area contributed by atoms with Crippen LogP contribution in [0.2, 0.25) is 0 Å². The molecule has 2 aliphatic heterocycles. The van der Waals surface area contributed by atoms with Gasteiger partial charge in [-0.05, 0) is 121 Å². The van der Waals surface area contributed by atoms with Crippen LogP contribution in [0.1, 0.15) is 90.4 Å². The molecule has 0 bridgehead atoms. The van der Waals surface area contributed by atoms with Gasteiger partial charge in [-0.25, -0.2) is 14.6 Å². The van der Waals surface area contributed by atoms with Gasteiger partial charge in [0.2, 0.25) is 11.8 Å². The van der Waals surface area contributed by atoms with E-state index in [2.05, 4.69) is 26.3 Å². The van der Waals surface area contributed by atoms with Gasteiger partial charge in [-0.1, -0.05) is 60.7 Å². The fourth-order valence-corrected chi connectivity index (χ4v) is 8.04. The van der Waals surface area contributed by atoms with Crippen molar-refractivity contribution < 1.29 is 38.2 Å². The number of fused-ring (bicyclic) bond motifs is 1. The molecule has 0 spiro atoms. The number of aromatic nitrogens is 2. The molecule has 0 radical (unpaired) electrons. The largest absolute Gasteiger partial charge is 0.444 e. The van der Waals surface area contributed by atoms with E-state index >= 15 is 0 Å². The third-order valence-electron chi connectivity index (χ3n) is 10.9. The summed E-state index contributed by atoms with van der Waals surface area (Å²) in [6, 6.07) is 26.6. The van der Waals surface area contributed by atoms with Crippen LogP contribution in [0.3, 0.4) is 0 Å². The SMILES string of the molecule is CC(C)(C)OC(=O)N[C@H](C(=O)N1CCCC1C(=O)Nc1ccc2nc(-c3ccc(NC(=O)[C@@H]4CCCN4C(=O)[C@@H](NC(=O)OC(C)(C)C)c4ccccc4)cc3)[nH]c2c1)c1ccccc1. The minimum Gasteiger partial charge on any atom is -0.444 e. The Kier molecular flexibility index (Phi) is 13.6. The zero-order valence-electron chi connectivity index (χ0n) is 37.5. The topological polar surface area (TPSA) is 204 Å². The molecule has 5 N–H and O–H groups in total. The van der Waals surface area contributed by atoms with Crippen LogP contribution in [-0.4, -0.2) is 92.0 Å². The van der Waals surface area contributed by atoms with Crippen LogP contribution in [0.4, 0.5) is 21.0 Å². The maximum absolute atomic E-state index is 14.0. The van der Waals surface area contributed by atoms with Crippen LogP contribution >= 0.6 is 0 Å². The van der Waals surface area contributed by atoms with Crippen molar-refractivity contribution in [2.24, 2.45) is 0 Å². The molecule has 1 unspecified atom stereocenters. The van der Waals surface area contributed by atoms with E-state index in [0.29, 0.717) is 78.1 Å². The Morgan fingerprint density at radius 1 is 0.615 bits per heavy atom. The van der Waals surface area contributed by atoms with Crippen molar-refractivity contribution in [1.29, 1.82) is 0 Å². The number of nitrogens with zero attached hydrogens (tertiary/aromatic N) is 3. The average molecular weight is 885 g/mol. The van der Waals surface area contributed by atoms with E-state index in [4.69, 9.17) is 14.5 Å². The van der Waals surface area contributed by atoms with E-state index in [1.165, 1.54) is 9.80 Å². The number of aromatic amines is 1. The molecule has 3 heterocycles. The Labute approximate surface area is 377 Å². The van der Waals surface area contributed by atoms with E-state index in [1.807, 2.05) is 24.3 Å². The summed E-state index contributed by atoms with van der Waals surface area (Å²) >= 11 is 0. The summed E-state index contributed by atoms with van der Waals surface area (Å²) in [6.07, 6.45) is 0.689. The zero-order valence-corrected chi connectivity index (χ0v) is 37.5. The second-order valence-electron chi connectivity index (χ2n) is 18.2. The molecule has 4 atom stereocenters. The number of anilines is 2. The van der Waals surface area contributed by atoms with Crippen molar-refractivity contribution in [2.45, 2.75) is 103 Å². The number of nitrogens with one attached hydrogen (secondary N) is 5. The highest BCUT2D eigenvalue weighted by molar-refractivity contribution is 6.01. The van der Waals surface area contributed by atoms with Crippen LogP contribution in [0, 0.1) is 0 Å². The third-order valence-corrected chi connectivity index (χ3v) is 10.9. The molecule has 2 aliphatic rings. The van der Waals surface area contributed by atoms with Gasteiger partial charge in [-0.15, -0.1) is 0 Å². The Hall–Kier alpha value is -7.23. The molecule has 1 aromatic heterocycles. The fraction of sp³-hybridized carbons (Fsp3) is 0.367. The van der Waals surface area contributed by atoms with Gasteiger partial charge in [-0.2, -0.15) is 0 Å². The Morgan fingerprint density at radius 3 is 1.52 bits per heavy atom. The quantitative estimate of drug-likeness (QED) is 0.0884. The van der Waals surface area contributed by atoms with Crippen molar-refractivity contribution in [3.05, 3.63) is 114 Å². The van der Waals surface area contributed by atoms with Crippen molar-refractivity contribution >= 4 is 58.2 Å². The highest BCUT2D eigenvalue weighted by atomic mass is 16.6. The molecule has 6 amide bonds. The van der Waals surface area contributed by atoms with Crippen molar-refractivity contribution in [2.75, 3.05) is 23.7 Å². The van der Waals surface area contributed by atoms with Gasteiger partial charge in [0, 0.05) is 30.0 Å². The summed E-state index contributed by atoms with van der Waals surface area (Å²) in [5.74, 6) is -0.939. The first-order valence-electron chi connectivity index (χ1n) is 21.8. The summed E-state index contributed by atoms with van der Waals surface area (Å²) in [5.41, 5.74) is 2.72. The van der Waals surface area contributed by atoms with Crippen molar-refractivity contribution in [1.82, 2.24) is 30.4 Å². The van der Waals surface area contributed by atoms with Gasteiger partial charge in [-0.3, -0.25) is 19.2 Å². The van der Waals surface area contributed by atoms with E-state index in [0.717, 1.165) is 5.56 Å². The smallest absolute Gasteiger partial charge is 0.408 e. The molecule has 16 nitrogen and oxygen atoms in total. The van der Waals surface area contributed by atoms with E-state index < -0.39 is 59.4 Å². The van der Waals surface area contributed by atoms with Gasteiger partial charge >= 0.3 is 12.2 Å². The molecule has 4 aromatic carbocycles. The maximum Gasteiger partial charge on any atom is 0.408 e. The number of hydrogen-bond donors (Lipinski definition) is 5. The Bertz CT molecular complexity index is 2530. The molecule has 340 valence electrons. The summed E-state index contributed by atoms with van der Waals surface area (Å²) in [5, 5.41) is 11.3. The average Bonchev–Trinajstić information content (AvgIpc) is 4.05. The van der Waals surface area contributed by atoms with Crippen LogP contribution in [0.15, 0.2) is 103 Å². The molecule has 2 saturated heterocycles. The standard InChI is InChI=1S/C49H56N8O8/c1-48(2,3)64-46(62)54-39(30-15-9-7-10-16-30)44(60)56-27-13-19-37(56)42(58)50-33-23-21-32(22-24-33)41-52-35-26-25-34(29-36(35)53-41)51-43(59)38-20-14-28-57(38)45(61)40(31-17-11-8-12-18-31)55-47(63)65-49(4,5)6/h7-12,15-18,21-26,29,37-40H,13-14,19-20,27-28H2,1-6H3,(H,50,58)(H,51,59)(H,52,53)(H,54,62)(H,55,63)/t37-,38?,39-,40-/m0/s1. The normalized spacial score (nSPS) is 17.2. The van der Waals surface area contributed by atoms with Gasteiger partial charge in [0.1, 0.15) is 41.2 Å². The van der Waals surface area contributed by atoms with E-state index in [-0.39, 0.29) is 11.8 Å². The number of carbonyl (C=O) groups excluding carboxylic acids is 6.